The molecule has 132 valence electrons. The number of nitrogens with zero attached hydrogens (tertiary/aromatic N) is 3. The predicted molar refractivity (Wildman–Crippen MR) is 95.5 cm³/mol. The number of carboxylic acids is 1. The Bertz CT molecular complexity index is 1010. The highest BCUT2D eigenvalue weighted by atomic mass is 35.5. The summed E-state index contributed by atoms with van der Waals surface area (Å²) in [5, 5.41) is 23.6. The van der Waals surface area contributed by atoms with E-state index >= 15 is 0 Å². The third-order valence-electron chi connectivity index (χ3n) is 4.18. The number of para-hydroxylation sites is 1. The Morgan fingerprint density at radius 1 is 1.35 bits per heavy atom. The van der Waals surface area contributed by atoms with Crippen LogP contribution in [0.3, 0.4) is 0 Å². The molecule has 1 aromatic heterocycles. The number of carboxylic acid groups (broad SMARTS) is 1. The molecular weight excluding hydrogens is 357 g/mol. The summed E-state index contributed by atoms with van der Waals surface area (Å²) in [5.41, 5.74) is 1.59. The maximum atomic E-state index is 14.5. The third-order valence-corrected chi connectivity index (χ3v) is 4.42. The van der Waals surface area contributed by atoms with Gasteiger partial charge in [-0.1, -0.05) is 35.9 Å². The van der Waals surface area contributed by atoms with Gasteiger partial charge in [0, 0.05) is 22.7 Å². The number of carbonyl (C=O) groups is 1. The van der Waals surface area contributed by atoms with Gasteiger partial charge < -0.3 is 5.11 Å². The van der Waals surface area contributed by atoms with Gasteiger partial charge in [-0.3, -0.25) is 9.48 Å². The highest BCUT2D eigenvalue weighted by Crippen LogP contribution is 2.35. The van der Waals surface area contributed by atoms with Crippen molar-refractivity contribution in [1.29, 1.82) is 5.26 Å². The SMILES string of the molecule is N#CCCC(c1ccc(Cl)cc1F)c1nn(CC(=O)O)c2ccccc12. The number of fused-ring (bicyclic) bond motifs is 1. The lowest BCUT2D eigenvalue weighted by atomic mass is 9.89. The van der Waals surface area contributed by atoms with E-state index in [-0.39, 0.29) is 18.0 Å². The molecule has 0 saturated heterocycles. The van der Waals surface area contributed by atoms with E-state index in [4.69, 9.17) is 22.0 Å². The number of benzene rings is 2. The summed E-state index contributed by atoms with van der Waals surface area (Å²) in [5.74, 6) is -1.97. The second-order valence-electron chi connectivity index (χ2n) is 5.87. The van der Waals surface area contributed by atoms with Gasteiger partial charge in [-0.15, -0.1) is 0 Å². The van der Waals surface area contributed by atoms with Gasteiger partial charge in [-0.25, -0.2) is 4.39 Å². The maximum absolute atomic E-state index is 14.5. The molecule has 0 spiro atoms. The normalized spacial score (nSPS) is 12.0. The number of halogens is 2. The Balaban J connectivity index is 2.18. The summed E-state index contributed by atoms with van der Waals surface area (Å²) >= 11 is 5.85. The van der Waals surface area contributed by atoms with E-state index in [1.54, 1.807) is 24.3 Å². The van der Waals surface area contributed by atoms with Crippen molar-refractivity contribution in [1.82, 2.24) is 9.78 Å². The fourth-order valence-corrected chi connectivity index (χ4v) is 3.25. The molecule has 0 amide bonds. The maximum Gasteiger partial charge on any atom is 0.325 e. The van der Waals surface area contributed by atoms with Crippen LogP contribution >= 0.6 is 11.6 Å². The Hall–Kier alpha value is -2.91. The first-order chi connectivity index (χ1) is 12.5. The summed E-state index contributed by atoms with van der Waals surface area (Å²) in [6.07, 6.45) is 0.579. The average molecular weight is 372 g/mol. The van der Waals surface area contributed by atoms with Gasteiger partial charge >= 0.3 is 5.97 Å². The summed E-state index contributed by atoms with van der Waals surface area (Å²) in [6.45, 7) is -0.297. The molecule has 26 heavy (non-hydrogen) atoms. The molecule has 1 heterocycles. The minimum Gasteiger partial charge on any atom is -0.480 e. The fraction of sp³-hybridized carbons (Fsp3) is 0.211. The van der Waals surface area contributed by atoms with Crippen molar-refractivity contribution in [2.75, 3.05) is 0 Å². The van der Waals surface area contributed by atoms with Crippen LogP contribution in [0.2, 0.25) is 5.02 Å². The van der Waals surface area contributed by atoms with Crippen LogP contribution in [0.4, 0.5) is 4.39 Å². The van der Waals surface area contributed by atoms with Gasteiger partial charge in [0.15, 0.2) is 0 Å². The van der Waals surface area contributed by atoms with Crippen LogP contribution in [0.25, 0.3) is 10.9 Å². The van der Waals surface area contributed by atoms with E-state index in [9.17, 15) is 9.18 Å². The van der Waals surface area contributed by atoms with Gasteiger partial charge in [-0.2, -0.15) is 10.4 Å². The molecule has 3 rings (SSSR count). The zero-order valence-electron chi connectivity index (χ0n) is 13.7. The highest BCUT2D eigenvalue weighted by molar-refractivity contribution is 6.30. The summed E-state index contributed by atoms with van der Waals surface area (Å²) in [6, 6.07) is 13.7. The van der Waals surface area contributed by atoms with Gasteiger partial charge in [-0.05, 0) is 30.2 Å². The van der Waals surface area contributed by atoms with E-state index in [0.717, 1.165) is 5.39 Å². The molecule has 1 N–H and O–H groups in total. The van der Waals surface area contributed by atoms with Crippen LogP contribution in [0.5, 0.6) is 0 Å². The van der Waals surface area contributed by atoms with E-state index in [2.05, 4.69) is 11.2 Å². The zero-order chi connectivity index (χ0) is 18.7. The van der Waals surface area contributed by atoms with Crippen molar-refractivity contribution >= 4 is 28.5 Å². The van der Waals surface area contributed by atoms with Crippen molar-refractivity contribution in [2.24, 2.45) is 0 Å². The lowest BCUT2D eigenvalue weighted by Crippen LogP contribution is -2.11. The highest BCUT2D eigenvalue weighted by Gasteiger charge is 2.24. The lowest BCUT2D eigenvalue weighted by Gasteiger charge is -2.15. The Morgan fingerprint density at radius 2 is 2.12 bits per heavy atom. The Kier molecular flexibility index (Phi) is 5.19. The van der Waals surface area contributed by atoms with Crippen molar-refractivity contribution in [3.05, 3.63) is 64.6 Å². The Morgan fingerprint density at radius 3 is 2.81 bits per heavy atom. The minimum absolute atomic E-state index is 0.215. The van der Waals surface area contributed by atoms with Crippen LogP contribution < -0.4 is 0 Å². The second kappa shape index (κ2) is 7.54. The largest absolute Gasteiger partial charge is 0.480 e. The average Bonchev–Trinajstić information content (AvgIpc) is 2.95. The quantitative estimate of drug-likeness (QED) is 0.698. The lowest BCUT2D eigenvalue weighted by molar-refractivity contribution is -0.137. The summed E-state index contributed by atoms with van der Waals surface area (Å²) in [7, 11) is 0. The van der Waals surface area contributed by atoms with Crippen LogP contribution in [0.1, 0.15) is 30.0 Å². The van der Waals surface area contributed by atoms with Gasteiger partial charge in [0.1, 0.15) is 12.4 Å². The molecule has 7 heteroatoms. The molecule has 1 atom stereocenters. The van der Waals surface area contributed by atoms with Crippen LogP contribution in [0.15, 0.2) is 42.5 Å². The first-order valence-electron chi connectivity index (χ1n) is 8.00. The minimum atomic E-state index is -1.02. The molecule has 0 fully saturated rings. The predicted octanol–water partition coefficient (Wildman–Crippen LogP) is 4.35. The number of rotatable bonds is 6. The molecule has 3 aromatic rings. The molecule has 0 aliphatic carbocycles. The smallest absolute Gasteiger partial charge is 0.325 e. The standard InChI is InChI=1S/C19H15ClFN3O2/c20-12-7-8-13(16(21)10-12)14(5-3-9-22)19-15-4-1-2-6-17(15)24(23-19)11-18(25)26/h1-2,4,6-8,10,14H,3,5,11H2,(H,25,26). The molecule has 5 nitrogen and oxygen atoms in total. The zero-order valence-corrected chi connectivity index (χ0v) is 14.4. The fourth-order valence-electron chi connectivity index (χ4n) is 3.09. The molecule has 0 aliphatic heterocycles. The number of hydrogen-bond donors (Lipinski definition) is 1. The van der Waals surface area contributed by atoms with Gasteiger partial charge in [0.05, 0.1) is 17.3 Å². The van der Waals surface area contributed by atoms with E-state index in [0.29, 0.717) is 23.2 Å². The summed E-state index contributed by atoms with van der Waals surface area (Å²) < 4.78 is 15.9. The van der Waals surface area contributed by atoms with Crippen LogP contribution in [0, 0.1) is 17.1 Å². The first kappa shape index (κ1) is 17.9. The number of nitriles is 1. The van der Waals surface area contributed by atoms with E-state index < -0.39 is 17.7 Å². The third kappa shape index (κ3) is 3.53. The second-order valence-corrected chi connectivity index (χ2v) is 6.31. The van der Waals surface area contributed by atoms with Crippen molar-refractivity contribution < 1.29 is 14.3 Å². The van der Waals surface area contributed by atoms with Crippen LogP contribution in [-0.2, 0) is 11.3 Å². The van der Waals surface area contributed by atoms with Crippen molar-refractivity contribution in [3.63, 3.8) is 0 Å². The van der Waals surface area contributed by atoms with Crippen molar-refractivity contribution in [3.8, 4) is 6.07 Å². The molecular formula is C19H15ClFN3O2. The topological polar surface area (TPSA) is 78.9 Å². The number of hydrogen-bond acceptors (Lipinski definition) is 3. The van der Waals surface area contributed by atoms with E-state index in [1.807, 2.05) is 12.1 Å². The van der Waals surface area contributed by atoms with Gasteiger partial charge in [0.2, 0.25) is 0 Å². The molecule has 0 radical (unpaired) electrons. The number of aliphatic carboxylic acids is 1. The monoisotopic (exact) mass is 371 g/mol. The molecule has 0 aliphatic rings. The molecule has 0 bridgehead atoms. The first-order valence-corrected chi connectivity index (χ1v) is 8.38. The van der Waals surface area contributed by atoms with Crippen molar-refractivity contribution in [2.45, 2.75) is 25.3 Å². The number of aromatic nitrogens is 2. The Labute approximate surface area is 154 Å². The van der Waals surface area contributed by atoms with Crippen LogP contribution in [-0.4, -0.2) is 20.9 Å². The van der Waals surface area contributed by atoms with Gasteiger partial charge in [0.25, 0.3) is 0 Å². The molecule has 1 unspecified atom stereocenters. The van der Waals surface area contributed by atoms with E-state index in [1.165, 1.54) is 10.7 Å². The molecule has 2 aromatic carbocycles. The molecule has 0 saturated carbocycles. The summed E-state index contributed by atoms with van der Waals surface area (Å²) in [4.78, 5) is 11.1.